The van der Waals surface area contributed by atoms with E-state index in [1.165, 1.54) is 19.3 Å². The van der Waals surface area contributed by atoms with Crippen LogP contribution in [0.3, 0.4) is 0 Å². The van der Waals surface area contributed by atoms with E-state index in [0.29, 0.717) is 22.8 Å². The van der Waals surface area contributed by atoms with Crippen LogP contribution in [0.2, 0.25) is 0 Å². The van der Waals surface area contributed by atoms with Gasteiger partial charge in [-0.2, -0.15) is 0 Å². The second-order valence-corrected chi connectivity index (χ2v) is 6.94. The predicted molar refractivity (Wildman–Crippen MR) is 101 cm³/mol. The molecule has 2 atom stereocenters. The van der Waals surface area contributed by atoms with E-state index < -0.39 is 0 Å². The molecule has 1 aliphatic rings. The largest absolute Gasteiger partial charge is 0.484 e. The van der Waals surface area contributed by atoms with Gasteiger partial charge in [0.25, 0.3) is 5.91 Å². The van der Waals surface area contributed by atoms with Gasteiger partial charge in [0.2, 0.25) is 0 Å². The summed E-state index contributed by atoms with van der Waals surface area (Å²) < 4.78 is 5.56. The molecule has 136 valence electrons. The molecule has 0 radical (unpaired) electrons. The van der Waals surface area contributed by atoms with Crippen LogP contribution < -0.4 is 10.1 Å². The van der Waals surface area contributed by atoms with Crippen LogP contribution in [-0.4, -0.2) is 24.3 Å². The molecule has 2 aromatic carbocycles. The third-order valence-electron chi connectivity index (χ3n) is 4.98. The first kappa shape index (κ1) is 18.2. The minimum absolute atomic E-state index is 0.00476. The molecule has 26 heavy (non-hydrogen) atoms. The lowest BCUT2D eigenvalue weighted by Crippen LogP contribution is -2.43. The Morgan fingerprint density at radius 3 is 2.31 bits per heavy atom. The number of amides is 1. The third kappa shape index (κ3) is 4.72. The first-order chi connectivity index (χ1) is 12.6. The summed E-state index contributed by atoms with van der Waals surface area (Å²) in [5, 5.41) is 3.07. The minimum atomic E-state index is -0.0896. The van der Waals surface area contributed by atoms with Crippen LogP contribution in [0.5, 0.6) is 5.75 Å². The summed E-state index contributed by atoms with van der Waals surface area (Å²) in [5.74, 6) is 0.992. The molecule has 0 saturated heterocycles. The van der Waals surface area contributed by atoms with Gasteiger partial charge in [-0.25, -0.2) is 0 Å². The van der Waals surface area contributed by atoms with Crippen molar-refractivity contribution in [3.63, 3.8) is 0 Å². The highest BCUT2D eigenvalue weighted by Gasteiger charge is 2.22. The van der Waals surface area contributed by atoms with Crippen LogP contribution in [0.4, 0.5) is 0 Å². The van der Waals surface area contributed by atoms with Gasteiger partial charge in [0.05, 0.1) is 0 Å². The summed E-state index contributed by atoms with van der Waals surface area (Å²) in [6, 6.07) is 16.3. The molecule has 4 heteroatoms. The van der Waals surface area contributed by atoms with Crippen molar-refractivity contribution in [3.05, 3.63) is 65.7 Å². The first-order valence-corrected chi connectivity index (χ1v) is 9.25. The normalized spacial score (nSPS) is 19.6. The molecule has 1 saturated carbocycles. The SMILES string of the molecule is C[C@H]1CCCC[C@@H]1NC(=O)COc1ccc(C(=O)c2ccccc2)cc1. The van der Waals surface area contributed by atoms with Crippen LogP contribution in [0.1, 0.15) is 48.5 Å². The van der Waals surface area contributed by atoms with Gasteiger partial charge in [-0.1, -0.05) is 50.1 Å². The van der Waals surface area contributed by atoms with Gasteiger partial charge >= 0.3 is 0 Å². The van der Waals surface area contributed by atoms with Gasteiger partial charge in [0.1, 0.15) is 5.75 Å². The molecule has 0 bridgehead atoms. The van der Waals surface area contributed by atoms with E-state index in [9.17, 15) is 9.59 Å². The summed E-state index contributed by atoms with van der Waals surface area (Å²) >= 11 is 0. The molecule has 1 fully saturated rings. The summed E-state index contributed by atoms with van der Waals surface area (Å²) in [6.45, 7) is 2.18. The lowest BCUT2D eigenvalue weighted by Gasteiger charge is -2.29. The molecule has 3 rings (SSSR count). The fourth-order valence-electron chi connectivity index (χ4n) is 3.39. The van der Waals surface area contributed by atoms with Gasteiger partial charge in [0.15, 0.2) is 12.4 Å². The maximum atomic E-state index is 12.4. The van der Waals surface area contributed by atoms with Crippen LogP contribution in [0.15, 0.2) is 54.6 Å². The Morgan fingerprint density at radius 1 is 0.962 bits per heavy atom. The molecule has 4 nitrogen and oxygen atoms in total. The second kappa shape index (κ2) is 8.65. The highest BCUT2D eigenvalue weighted by atomic mass is 16.5. The van der Waals surface area contributed by atoms with Crippen molar-refractivity contribution in [2.45, 2.75) is 38.6 Å². The number of benzene rings is 2. The van der Waals surface area contributed by atoms with Crippen molar-refractivity contribution in [1.82, 2.24) is 5.32 Å². The molecule has 1 amide bonds. The summed E-state index contributed by atoms with van der Waals surface area (Å²) in [4.78, 5) is 24.5. The van der Waals surface area contributed by atoms with E-state index in [-0.39, 0.29) is 24.3 Å². The zero-order valence-corrected chi connectivity index (χ0v) is 15.1. The topological polar surface area (TPSA) is 55.4 Å². The molecule has 1 aliphatic carbocycles. The van der Waals surface area contributed by atoms with Gasteiger partial charge in [-0.15, -0.1) is 0 Å². The maximum Gasteiger partial charge on any atom is 0.258 e. The quantitative estimate of drug-likeness (QED) is 0.801. The molecule has 0 unspecified atom stereocenters. The Balaban J connectivity index is 1.51. The van der Waals surface area contributed by atoms with E-state index in [2.05, 4.69) is 12.2 Å². The van der Waals surface area contributed by atoms with Crippen LogP contribution >= 0.6 is 0 Å². The highest BCUT2D eigenvalue weighted by Crippen LogP contribution is 2.23. The number of rotatable bonds is 6. The summed E-state index contributed by atoms with van der Waals surface area (Å²) in [7, 11) is 0. The number of nitrogens with one attached hydrogen (secondary N) is 1. The highest BCUT2D eigenvalue weighted by molar-refractivity contribution is 6.08. The van der Waals surface area contributed by atoms with Crippen molar-refractivity contribution in [2.75, 3.05) is 6.61 Å². The molecular formula is C22H25NO3. The first-order valence-electron chi connectivity index (χ1n) is 9.25. The van der Waals surface area contributed by atoms with Crippen molar-refractivity contribution in [3.8, 4) is 5.75 Å². The molecule has 0 spiro atoms. The third-order valence-corrected chi connectivity index (χ3v) is 4.98. The number of carbonyl (C=O) groups excluding carboxylic acids is 2. The van der Waals surface area contributed by atoms with E-state index in [0.717, 1.165) is 6.42 Å². The lowest BCUT2D eigenvalue weighted by atomic mass is 9.86. The number of carbonyl (C=O) groups is 2. The van der Waals surface area contributed by atoms with E-state index in [1.54, 1.807) is 36.4 Å². The predicted octanol–water partition coefficient (Wildman–Crippen LogP) is 3.99. The van der Waals surface area contributed by atoms with Crippen LogP contribution in [-0.2, 0) is 4.79 Å². The zero-order valence-electron chi connectivity index (χ0n) is 15.1. The minimum Gasteiger partial charge on any atom is -0.484 e. The molecular weight excluding hydrogens is 326 g/mol. The van der Waals surface area contributed by atoms with Crippen LogP contribution in [0.25, 0.3) is 0 Å². The Labute approximate surface area is 154 Å². The molecule has 1 N–H and O–H groups in total. The van der Waals surface area contributed by atoms with E-state index in [4.69, 9.17) is 4.74 Å². The van der Waals surface area contributed by atoms with Crippen molar-refractivity contribution in [2.24, 2.45) is 5.92 Å². The summed E-state index contributed by atoms with van der Waals surface area (Å²) in [6.07, 6.45) is 4.64. The average Bonchev–Trinajstić information content (AvgIpc) is 2.69. The monoisotopic (exact) mass is 351 g/mol. The number of ether oxygens (including phenoxy) is 1. The molecule has 2 aromatic rings. The van der Waals surface area contributed by atoms with Crippen molar-refractivity contribution >= 4 is 11.7 Å². The zero-order chi connectivity index (χ0) is 18.4. The number of hydrogen-bond donors (Lipinski definition) is 1. The fraction of sp³-hybridized carbons (Fsp3) is 0.364. The molecule has 0 aliphatic heterocycles. The Bertz CT molecular complexity index is 740. The summed E-state index contributed by atoms with van der Waals surface area (Å²) in [5.41, 5.74) is 1.26. The standard InChI is InChI=1S/C22H25NO3/c1-16-7-5-6-10-20(16)23-21(24)15-26-19-13-11-18(12-14-19)22(25)17-8-3-2-4-9-17/h2-4,8-9,11-14,16,20H,5-7,10,15H2,1H3,(H,23,24)/t16-,20-/m0/s1. The van der Waals surface area contributed by atoms with Gasteiger partial charge in [-0.3, -0.25) is 9.59 Å². The lowest BCUT2D eigenvalue weighted by molar-refractivity contribution is -0.124. The second-order valence-electron chi connectivity index (χ2n) is 6.94. The van der Waals surface area contributed by atoms with Gasteiger partial charge in [-0.05, 0) is 43.0 Å². The van der Waals surface area contributed by atoms with Crippen molar-refractivity contribution < 1.29 is 14.3 Å². The Hall–Kier alpha value is -2.62. The smallest absolute Gasteiger partial charge is 0.258 e. The maximum absolute atomic E-state index is 12.4. The van der Waals surface area contributed by atoms with E-state index >= 15 is 0 Å². The van der Waals surface area contributed by atoms with E-state index in [1.807, 2.05) is 18.2 Å². The van der Waals surface area contributed by atoms with Crippen LogP contribution in [0, 0.1) is 5.92 Å². The molecule has 0 aromatic heterocycles. The Morgan fingerprint density at radius 2 is 1.62 bits per heavy atom. The van der Waals surface area contributed by atoms with Gasteiger partial charge in [0, 0.05) is 17.2 Å². The average molecular weight is 351 g/mol. The Kier molecular flexibility index (Phi) is 6.05. The molecule has 0 heterocycles. The van der Waals surface area contributed by atoms with Gasteiger partial charge < -0.3 is 10.1 Å². The fourth-order valence-corrected chi connectivity index (χ4v) is 3.39. The number of hydrogen-bond acceptors (Lipinski definition) is 3. The number of ketones is 1. The van der Waals surface area contributed by atoms with Crippen molar-refractivity contribution in [1.29, 1.82) is 0 Å².